The molecule has 2 aliphatic heterocycles. The second kappa shape index (κ2) is 10.0. The number of benzene rings is 1. The quantitative estimate of drug-likeness (QED) is 0.462. The van der Waals surface area contributed by atoms with E-state index >= 15 is 0 Å². The summed E-state index contributed by atoms with van der Waals surface area (Å²) in [5, 5.41) is 19.2. The van der Waals surface area contributed by atoms with E-state index in [9.17, 15) is 9.90 Å². The molecule has 0 amide bonds. The van der Waals surface area contributed by atoms with Gasteiger partial charge in [0.1, 0.15) is 0 Å². The molecule has 2 heterocycles. The normalized spacial score (nSPS) is 27.8. The molecule has 0 aliphatic carbocycles. The Kier molecular flexibility index (Phi) is 7.46. The van der Waals surface area contributed by atoms with Gasteiger partial charge in [-0.1, -0.05) is 48.6 Å². The van der Waals surface area contributed by atoms with Crippen molar-refractivity contribution in [3.63, 3.8) is 0 Å². The van der Waals surface area contributed by atoms with Gasteiger partial charge in [-0.3, -0.25) is 4.79 Å². The lowest BCUT2D eigenvalue weighted by atomic mass is 9.77. The van der Waals surface area contributed by atoms with Crippen molar-refractivity contribution in [2.45, 2.75) is 70.2 Å². The third-order valence-corrected chi connectivity index (χ3v) is 6.07. The van der Waals surface area contributed by atoms with Crippen molar-refractivity contribution in [1.82, 2.24) is 0 Å². The summed E-state index contributed by atoms with van der Waals surface area (Å²) < 4.78 is 6.13. The van der Waals surface area contributed by atoms with Gasteiger partial charge in [0.2, 0.25) is 0 Å². The molecule has 1 aromatic rings. The molecule has 1 aromatic carbocycles. The van der Waals surface area contributed by atoms with Gasteiger partial charge in [-0.25, -0.2) is 0 Å². The van der Waals surface area contributed by atoms with E-state index in [0.29, 0.717) is 30.8 Å². The molecular formula is C24H32O4. The molecule has 3 rings (SSSR count). The number of carbonyl (C=O) groups is 1. The molecule has 0 spiro atoms. The summed E-state index contributed by atoms with van der Waals surface area (Å²) in [6, 6.07) is 8.19. The van der Waals surface area contributed by atoms with E-state index in [1.807, 2.05) is 18.2 Å². The summed E-state index contributed by atoms with van der Waals surface area (Å²) >= 11 is 0. The zero-order valence-electron chi connectivity index (χ0n) is 16.7. The van der Waals surface area contributed by atoms with Crippen molar-refractivity contribution in [3.8, 4) is 0 Å². The van der Waals surface area contributed by atoms with E-state index in [4.69, 9.17) is 9.84 Å². The van der Waals surface area contributed by atoms with Crippen LogP contribution in [0, 0.1) is 18.8 Å². The number of allylic oxidation sites excluding steroid dienone is 2. The Morgan fingerprint density at radius 2 is 2.04 bits per heavy atom. The second-order valence-electron chi connectivity index (χ2n) is 8.11. The van der Waals surface area contributed by atoms with Crippen molar-refractivity contribution < 1.29 is 19.7 Å². The van der Waals surface area contributed by atoms with Crippen LogP contribution >= 0.6 is 0 Å². The maximum Gasteiger partial charge on any atom is 0.303 e. The number of unbranched alkanes of at least 4 members (excludes halogenated alkanes) is 1. The average molecular weight is 385 g/mol. The Bertz CT molecular complexity index is 708. The topological polar surface area (TPSA) is 66.8 Å². The van der Waals surface area contributed by atoms with Crippen LogP contribution < -0.4 is 0 Å². The van der Waals surface area contributed by atoms with Gasteiger partial charge < -0.3 is 14.9 Å². The minimum atomic E-state index is -0.732. The van der Waals surface area contributed by atoms with Gasteiger partial charge in [-0.05, 0) is 56.1 Å². The fourth-order valence-corrected chi connectivity index (χ4v) is 4.52. The van der Waals surface area contributed by atoms with Gasteiger partial charge in [0.15, 0.2) is 0 Å². The van der Waals surface area contributed by atoms with E-state index in [2.05, 4.69) is 37.3 Å². The van der Waals surface area contributed by atoms with Gasteiger partial charge in [0, 0.05) is 18.8 Å². The van der Waals surface area contributed by atoms with Crippen LogP contribution in [0.2, 0.25) is 0 Å². The lowest BCUT2D eigenvalue weighted by Crippen LogP contribution is -2.25. The van der Waals surface area contributed by atoms with E-state index in [1.54, 1.807) is 0 Å². The van der Waals surface area contributed by atoms with Crippen molar-refractivity contribution in [2.24, 2.45) is 11.8 Å². The number of aryl methyl sites for hydroxylation is 1. The molecule has 2 aliphatic rings. The zero-order valence-corrected chi connectivity index (χ0v) is 16.7. The first kappa shape index (κ1) is 20.8. The molecule has 1 unspecified atom stereocenters. The maximum atomic E-state index is 10.6. The number of fused-ring (bicyclic) bond motifs is 2. The fraction of sp³-hybridized carbons (Fsp3) is 0.542. The van der Waals surface area contributed by atoms with Crippen LogP contribution in [0.5, 0.6) is 0 Å². The lowest BCUT2D eigenvalue weighted by Gasteiger charge is -2.25. The minimum Gasteiger partial charge on any atom is -0.481 e. The minimum absolute atomic E-state index is 0.228. The Labute approximate surface area is 167 Å². The van der Waals surface area contributed by atoms with Crippen LogP contribution in [0.15, 0.2) is 48.6 Å². The van der Waals surface area contributed by atoms with E-state index in [0.717, 1.165) is 25.7 Å². The Morgan fingerprint density at radius 3 is 2.82 bits per heavy atom. The molecule has 2 fully saturated rings. The third-order valence-electron chi connectivity index (χ3n) is 6.07. The summed E-state index contributed by atoms with van der Waals surface area (Å²) in [7, 11) is 0. The molecule has 4 heteroatoms. The van der Waals surface area contributed by atoms with Gasteiger partial charge in [-0.15, -0.1) is 0 Å². The van der Waals surface area contributed by atoms with Crippen molar-refractivity contribution in [1.29, 1.82) is 0 Å². The van der Waals surface area contributed by atoms with Crippen molar-refractivity contribution >= 4 is 5.97 Å². The monoisotopic (exact) mass is 384 g/mol. The first-order chi connectivity index (χ1) is 13.5. The predicted molar refractivity (Wildman–Crippen MR) is 110 cm³/mol. The number of aliphatic hydroxyl groups excluding tert-OH is 1. The molecule has 0 aromatic heterocycles. The highest BCUT2D eigenvalue weighted by Gasteiger charge is 2.46. The summed E-state index contributed by atoms with van der Waals surface area (Å²) in [5.74, 6) is 0.0784. The van der Waals surface area contributed by atoms with Crippen LogP contribution in [-0.2, 0) is 16.0 Å². The molecule has 0 saturated carbocycles. The highest BCUT2D eigenvalue weighted by atomic mass is 16.5. The summed E-state index contributed by atoms with van der Waals surface area (Å²) in [6.07, 6.45) is 14.1. The van der Waals surface area contributed by atoms with E-state index < -0.39 is 12.1 Å². The molecule has 5 atom stereocenters. The number of ether oxygens (including phenoxy) is 1. The average Bonchev–Trinajstić information content (AvgIpc) is 3.26. The van der Waals surface area contributed by atoms with E-state index in [-0.39, 0.29) is 12.5 Å². The third kappa shape index (κ3) is 5.55. The fourth-order valence-electron chi connectivity index (χ4n) is 4.52. The number of hydrogen-bond acceptors (Lipinski definition) is 3. The highest BCUT2D eigenvalue weighted by Crippen LogP contribution is 2.45. The van der Waals surface area contributed by atoms with E-state index in [1.165, 1.54) is 11.1 Å². The molecule has 2 N–H and O–H groups in total. The van der Waals surface area contributed by atoms with Crippen LogP contribution in [0.3, 0.4) is 0 Å². The summed E-state index contributed by atoms with van der Waals surface area (Å²) in [6.45, 7) is 2.08. The molecular weight excluding hydrogens is 352 g/mol. The second-order valence-corrected chi connectivity index (χ2v) is 8.11. The predicted octanol–water partition coefficient (Wildman–Crippen LogP) is 4.45. The van der Waals surface area contributed by atoms with Crippen molar-refractivity contribution in [3.05, 3.63) is 59.7 Å². The van der Waals surface area contributed by atoms with Crippen LogP contribution in [-0.4, -0.2) is 34.5 Å². The van der Waals surface area contributed by atoms with Gasteiger partial charge in [0.25, 0.3) is 0 Å². The number of aliphatic carboxylic acids is 1. The highest BCUT2D eigenvalue weighted by molar-refractivity contribution is 5.66. The van der Waals surface area contributed by atoms with Crippen molar-refractivity contribution in [2.75, 3.05) is 0 Å². The Balaban J connectivity index is 1.52. The smallest absolute Gasteiger partial charge is 0.303 e. The first-order valence-corrected chi connectivity index (χ1v) is 10.5. The number of carboxylic acids is 1. The lowest BCUT2D eigenvalue weighted by molar-refractivity contribution is -0.137. The number of hydrogen-bond donors (Lipinski definition) is 2. The van der Waals surface area contributed by atoms with Crippen LogP contribution in [0.4, 0.5) is 0 Å². The molecule has 2 saturated heterocycles. The Morgan fingerprint density at radius 1 is 1.25 bits per heavy atom. The number of rotatable bonds is 10. The molecule has 152 valence electrons. The maximum absolute atomic E-state index is 10.6. The molecule has 28 heavy (non-hydrogen) atoms. The summed E-state index contributed by atoms with van der Waals surface area (Å²) in [5.41, 5.74) is 2.40. The van der Waals surface area contributed by atoms with Gasteiger partial charge >= 0.3 is 5.97 Å². The Hall–Kier alpha value is -1.91. The van der Waals surface area contributed by atoms with Crippen LogP contribution in [0.1, 0.15) is 49.7 Å². The zero-order chi connectivity index (χ0) is 19.9. The molecule has 4 nitrogen and oxygen atoms in total. The SMILES string of the molecule is Cc1ccccc1CC(O)/C=C/[C@H]1[C@@H](C/C=C\CCCC(=O)O)[C@H]2CC[C@@H]1O2. The first-order valence-electron chi connectivity index (χ1n) is 10.5. The molecule has 0 radical (unpaired) electrons. The molecule has 2 bridgehead atoms. The van der Waals surface area contributed by atoms with Gasteiger partial charge in [-0.2, -0.15) is 0 Å². The van der Waals surface area contributed by atoms with Crippen LogP contribution in [0.25, 0.3) is 0 Å². The number of aliphatic hydroxyl groups is 1. The number of carboxylic acid groups (broad SMARTS) is 1. The summed E-state index contributed by atoms with van der Waals surface area (Å²) in [4.78, 5) is 10.6. The standard InChI is InChI=1S/C24H32O4/c1-17-8-6-7-9-18(17)16-19(25)12-13-21-20(22-14-15-23(21)28-22)10-4-2-3-5-11-24(26)27/h2,4,6-9,12-13,19-23,25H,3,5,10-11,14-16H2,1H3,(H,26,27)/b4-2-,13-12+/t19?,20-,21+,22-,23+/m1/s1. The largest absolute Gasteiger partial charge is 0.481 e. The van der Waals surface area contributed by atoms with Gasteiger partial charge in [0.05, 0.1) is 18.3 Å².